The van der Waals surface area contributed by atoms with Crippen molar-refractivity contribution < 1.29 is 23.9 Å². The molecule has 2 atom stereocenters. The summed E-state index contributed by atoms with van der Waals surface area (Å²) in [4.78, 5) is 60.2. The molecule has 10 nitrogen and oxygen atoms in total. The fourth-order valence-corrected chi connectivity index (χ4v) is 6.04. The number of nitrogens with one attached hydrogen (secondary N) is 1. The number of thiophene rings is 1. The Morgan fingerprint density at radius 3 is 2.51 bits per heavy atom. The van der Waals surface area contributed by atoms with Crippen LogP contribution in [0.3, 0.4) is 0 Å². The van der Waals surface area contributed by atoms with E-state index in [1.807, 2.05) is 50.4 Å². The van der Waals surface area contributed by atoms with Gasteiger partial charge in [0.05, 0.1) is 18.0 Å². The first-order valence-corrected chi connectivity index (χ1v) is 15.0. The fourth-order valence-electron chi connectivity index (χ4n) is 5.13. The van der Waals surface area contributed by atoms with Gasteiger partial charge in [0.15, 0.2) is 5.78 Å². The summed E-state index contributed by atoms with van der Waals surface area (Å²) in [5.74, 6) is -0.780. The van der Waals surface area contributed by atoms with Crippen molar-refractivity contribution in [2.24, 2.45) is 10.7 Å². The average Bonchev–Trinajstić information content (AvgIpc) is 3.60. The third-order valence-electron chi connectivity index (χ3n) is 6.92. The van der Waals surface area contributed by atoms with Crippen LogP contribution < -0.4 is 15.8 Å². The molecule has 2 aliphatic heterocycles. The molecule has 12 heteroatoms. The van der Waals surface area contributed by atoms with E-state index < -0.39 is 35.8 Å². The molecule has 3 heterocycles. The van der Waals surface area contributed by atoms with E-state index in [1.165, 1.54) is 16.2 Å². The monoisotopic (exact) mass is 621 g/mol. The molecule has 43 heavy (non-hydrogen) atoms. The minimum absolute atomic E-state index is 0.0917. The first kappa shape index (κ1) is 30.2. The number of ketones is 1. The van der Waals surface area contributed by atoms with Crippen LogP contribution in [0.5, 0.6) is 5.75 Å². The van der Waals surface area contributed by atoms with E-state index in [9.17, 15) is 19.2 Å². The Kier molecular flexibility index (Phi) is 8.57. The number of amidine groups is 1. The van der Waals surface area contributed by atoms with Gasteiger partial charge in [-0.25, -0.2) is 4.79 Å². The second kappa shape index (κ2) is 12.2. The van der Waals surface area contributed by atoms with Gasteiger partial charge in [-0.1, -0.05) is 35.9 Å². The molecule has 0 aliphatic carbocycles. The first-order chi connectivity index (χ1) is 20.4. The average molecular weight is 622 g/mol. The van der Waals surface area contributed by atoms with Crippen LogP contribution in [0.15, 0.2) is 65.0 Å². The van der Waals surface area contributed by atoms with Crippen molar-refractivity contribution in [3.63, 3.8) is 0 Å². The Bertz CT molecular complexity index is 1580. The molecule has 4 amide bonds. The molecule has 3 N–H and O–H groups in total. The highest BCUT2D eigenvalue weighted by Gasteiger charge is 2.45. The number of nitrogens with two attached hydrogens (primary N) is 1. The zero-order valence-corrected chi connectivity index (χ0v) is 25.6. The number of aliphatic imine (C=N–C) groups is 1. The summed E-state index contributed by atoms with van der Waals surface area (Å²) >= 11 is 7.76. The smallest absolute Gasteiger partial charge is 0.326 e. The van der Waals surface area contributed by atoms with Gasteiger partial charge in [-0.05, 0) is 62.0 Å². The number of piperazine rings is 1. The van der Waals surface area contributed by atoms with Crippen molar-refractivity contribution >= 4 is 52.4 Å². The zero-order valence-electron chi connectivity index (χ0n) is 24.0. The summed E-state index contributed by atoms with van der Waals surface area (Å²) in [5, 5.41) is 5.27. The number of carbonyl (C=O) groups is 4. The van der Waals surface area contributed by atoms with E-state index in [0.29, 0.717) is 35.3 Å². The van der Waals surface area contributed by atoms with Gasteiger partial charge in [0.1, 0.15) is 29.8 Å². The molecular formula is C31H32ClN5O5S. The molecule has 0 radical (unpaired) electrons. The number of amides is 4. The van der Waals surface area contributed by atoms with E-state index in [-0.39, 0.29) is 24.0 Å². The van der Waals surface area contributed by atoms with Crippen LogP contribution in [-0.2, 0) is 9.59 Å². The molecular weight excluding hydrogens is 590 g/mol. The lowest BCUT2D eigenvalue weighted by Crippen LogP contribution is -2.55. The maximum atomic E-state index is 14.4. The highest BCUT2D eigenvalue weighted by Crippen LogP contribution is 2.46. The van der Waals surface area contributed by atoms with Crippen LogP contribution in [0.1, 0.15) is 65.6 Å². The van der Waals surface area contributed by atoms with Crippen molar-refractivity contribution in [3.8, 4) is 5.75 Å². The third kappa shape index (κ3) is 6.73. The molecule has 224 valence electrons. The van der Waals surface area contributed by atoms with E-state index in [2.05, 4.69) is 5.32 Å². The SMILES string of the molecule is CC(C)(C)Oc1cc(C(=O)CC(N)=O)ccc1C1=NC(c2cccs2)C(c2ccc(Cl)cc2)N1C(=O)N1CCNC(=O)C1. The lowest BCUT2D eigenvalue weighted by atomic mass is 9.97. The number of rotatable bonds is 7. The number of benzene rings is 2. The molecule has 2 aromatic carbocycles. The Hall–Kier alpha value is -4.22. The van der Waals surface area contributed by atoms with Gasteiger partial charge in [-0.3, -0.25) is 24.3 Å². The van der Waals surface area contributed by atoms with Crippen LogP contribution >= 0.6 is 22.9 Å². The zero-order chi connectivity index (χ0) is 30.9. The molecule has 3 aromatic rings. The molecule has 0 saturated carbocycles. The number of primary amides is 1. The third-order valence-corrected chi connectivity index (χ3v) is 8.12. The van der Waals surface area contributed by atoms with Crippen molar-refractivity contribution in [2.45, 2.75) is 44.9 Å². The Morgan fingerprint density at radius 1 is 1.14 bits per heavy atom. The standard InChI is InChI=1S/C31H32ClN5O5S/c1-31(2,3)42-23-15-19(22(38)16-25(33)39)8-11-21(23)29-35-27(24-5-4-14-43-24)28(18-6-9-20(32)10-7-18)37(29)30(41)36-13-12-34-26(40)17-36/h4-11,14-15,27-28H,12-13,16-17H2,1-3H3,(H2,33,39)(H,34,40). The maximum Gasteiger partial charge on any atom is 0.326 e. The lowest BCUT2D eigenvalue weighted by Gasteiger charge is -2.36. The summed E-state index contributed by atoms with van der Waals surface area (Å²) < 4.78 is 6.33. The Morgan fingerprint density at radius 2 is 1.88 bits per heavy atom. The number of nitrogens with zero attached hydrogens (tertiary/aromatic N) is 3. The minimum atomic E-state index is -0.737. The van der Waals surface area contributed by atoms with E-state index >= 15 is 0 Å². The van der Waals surface area contributed by atoms with Crippen LogP contribution in [-0.4, -0.2) is 64.5 Å². The summed E-state index contributed by atoms with van der Waals surface area (Å²) in [6.07, 6.45) is -0.448. The topological polar surface area (TPSA) is 134 Å². The fraction of sp³-hybridized carbons (Fsp3) is 0.323. The second-order valence-electron chi connectivity index (χ2n) is 11.3. The molecule has 5 rings (SSSR count). The van der Waals surface area contributed by atoms with Crippen LogP contribution in [0.4, 0.5) is 4.79 Å². The molecule has 2 unspecified atom stereocenters. The number of carbonyl (C=O) groups excluding carboxylic acids is 4. The van der Waals surface area contributed by atoms with Gasteiger partial charge in [0.2, 0.25) is 11.8 Å². The van der Waals surface area contributed by atoms with Gasteiger partial charge in [-0.2, -0.15) is 0 Å². The van der Waals surface area contributed by atoms with Gasteiger partial charge >= 0.3 is 6.03 Å². The first-order valence-electron chi connectivity index (χ1n) is 13.8. The predicted molar refractivity (Wildman–Crippen MR) is 165 cm³/mol. The number of urea groups is 1. The van der Waals surface area contributed by atoms with Crippen molar-refractivity contribution in [1.82, 2.24) is 15.1 Å². The molecule has 0 bridgehead atoms. The van der Waals surface area contributed by atoms with E-state index in [0.717, 1.165) is 10.4 Å². The quantitative estimate of drug-likeness (QED) is 0.290. The lowest BCUT2D eigenvalue weighted by molar-refractivity contribution is -0.123. The number of hydrogen-bond acceptors (Lipinski definition) is 7. The normalized spacial score (nSPS) is 18.7. The number of Topliss-reactive ketones (excluding diaryl/α,β-unsaturated/α-hetero) is 1. The molecule has 0 spiro atoms. The van der Waals surface area contributed by atoms with Crippen molar-refractivity contribution in [3.05, 3.63) is 86.6 Å². The van der Waals surface area contributed by atoms with Crippen LogP contribution in [0, 0.1) is 0 Å². The predicted octanol–water partition coefficient (Wildman–Crippen LogP) is 4.73. The van der Waals surface area contributed by atoms with Crippen molar-refractivity contribution in [1.29, 1.82) is 0 Å². The summed E-state index contributed by atoms with van der Waals surface area (Å²) in [6, 6.07) is 14.6. The molecule has 2 aliphatic rings. The number of ether oxygens (including phenoxy) is 1. The van der Waals surface area contributed by atoms with Gasteiger partial charge in [0, 0.05) is 28.6 Å². The van der Waals surface area contributed by atoms with Gasteiger partial charge in [0.25, 0.3) is 0 Å². The molecule has 1 aromatic heterocycles. The summed E-state index contributed by atoms with van der Waals surface area (Å²) in [7, 11) is 0. The van der Waals surface area contributed by atoms with Crippen LogP contribution in [0.2, 0.25) is 5.02 Å². The van der Waals surface area contributed by atoms with Crippen LogP contribution in [0.25, 0.3) is 0 Å². The van der Waals surface area contributed by atoms with Gasteiger partial charge in [-0.15, -0.1) is 11.3 Å². The van der Waals surface area contributed by atoms with Gasteiger partial charge < -0.3 is 20.7 Å². The number of halogens is 1. The second-order valence-corrected chi connectivity index (χ2v) is 12.7. The molecule has 1 fully saturated rings. The van der Waals surface area contributed by atoms with Crippen molar-refractivity contribution in [2.75, 3.05) is 19.6 Å². The van der Waals surface area contributed by atoms with E-state index in [4.69, 9.17) is 27.1 Å². The largest absolute Gasteiger partial charge is 0.487 e. The van der Waals surface area contributed by atoms with E-state index in [1.54, 1.807) is 35.2 Å². The highest BCUT2D eigenvalue weighted by atomic mass is 35.5. The molecule has 1 saturated heterocycles. The highest BCUT2D eigenvalue weighted by molar-refractivity contribution is 7.10. The maximum absolute atomic E-state index is 14.4. The Balaban J connectivity index is 1.69. The Labute approximate surface area is 258 Å². The summed E-state index contributed by atoms with van der Waals surface area (Å²) in [5.41, 5.74) is 6.14. The minimum Gasteiger partial charge on any atom is -0.487 e. The summed E-state index contributed by atoms with van der Waals surface area (Å²) in [6.45, 7) is 6.17. The number of hydrogen-bond donors (Lipinski definition) is 2.